The van der Waals surface area contributed by atoms with Crippen molar-refractivity contribution in [1.82, 2.24) is 5.32 Å². The molecule has 0 amide bonds. The maximum absolute atomic E-state index is 11.7. The summed E-state index contributed by atoms with van der Waals surface area (Å²) >= 11 is 5.05. The molecular weight excluding hydrogens is 274 g/mol. The lowest BCUT2D eigenvalue weighted by Crippen LogP contribution is -2.25. The average Bonchev–Trinajstić information content (AvgIpc) is 2.77. The largest absolute Gasteiger partial charge is 0.314 e. The predicted octanol–water partition coefficient (Wildman–Crippen LogP) is 2.76. The van der Waals surface area contributed by atoms with E-state index in [2.05, 4.69) is 21.2 Å². The van der Waals surface area contributed by atoms with Crippen LogP contribution in [0.4, 0.5) is 0 Å². The first-order chi connectivity index (χ1) is 7.24. The van der Waals surface area contributed by atoms with Crippen molar-refractivity contribution < 1.29 is 4.79 Å². The SMILES string of the molecule is O=C(Cc1ccc(Br)s1)CC1CCCN1. The summed E-state index contributed by atoms with van der Waals surface area (Å²) < 4.78 is 1.10. The normalized spacial score (nSPS) is 20.7. The van der Waals surface area contributed by atoms with Crippen LogP contribution in [0.2, 0.25) is 0 Å². The van der Waals surface area contributed by atoms with E-state index in [1.807, 2.05) is 12.1 Å². The zero-order valence-electron chi connectivity index (χ0n) is 8.46. The lowest BCUT2D eigenvalue weighted by molar-refractivity contribution is -0.118. The van der Waals surface area contributed by atoms with Crippen LogP contribution >= 0.6 is 27.3 Å². The Hall–Kier alpha value is -0.190. The summed E-state index contributed by atoms with van der Waals surface area (Å²) in [5.74, 6) is 0.351. The second-order valence-corrected chi connectivity index (χ2v) is 6.47. The molecule has 1 saturated heterocycles. The Morgan fingerprint density at radius 2 is 2.47 bits per heavy atom. The van der Waals surface area contributed by atoms with Crippen molar-refractivity contribution in [2.45, 2.75) is 31.7 Å². The van der Waals surface area contributed by atoms with Gasteiger partial charge in [-0.2, -0.15) is 0 Å². The molecule has 2 heterocycles. The second kappa shape index (κ2) is 5.23. The minimum Gasteiger partial charge on any atom is -0.314 e. The highest BCUT2D eigenvalue weighted by Crippen LogP contribution is 2.23. The minimum atomic E-state index is 0.351. The molecule has 2 rings (SSSR count). The molecule has 0 spiro atoms. The predicted molar refractivity (Wildman–Crippen MR) is 66.4 cm³/mol. The number of Topliss-reactive ketones (excluding diaryl/α,β-unsaturated/α-hetero) is 1. The van der Waals surface area contributed by atoms with Gasteiger partial charge in [-0.05, 0) is 47.4 Å². The van der Waals surface area contributed by atoms with Crippen LogP contribution in [-0.2, 0) is 11.2 Å². The summed E-state index contributed by atoms with van der Waals surface area (Å²) in [6.45, 7) is 1.07. The van der Waals surface area contributed by atoms with E-state index in [0.29, 0.717) is 24.7 Å². The number of hydrogen-bond donors (Lipinski definition) is 1. The molecule has 2 nitrogen and oxygen atoms in total. The number of nitrogens with one attached hydrogen (secondary N) is 1. The fourth-order valence-electron chi connectivity index (χ4n) is 1.92. The van der Waals surface area contributed by atoms with E-state index in [-0.39, 0.29) is 0 Å². The smallest absolute Gasteiger partial charge is 0.139 e. The van der Waals surface area contributed by atoms with Crippen LogP contribution in [0.5, 0.6) is 0 Å². The van der Waals surface area contributed by atoms with Gasteiger partial charge < -0.3 is 5.32 Å². The lowest BCUT2D eigenvalue weighted by atomic mass is 10.1. The molecule has 0 radical (unpaired) electrons. The van der Waals surface area contributed by atoms with Gasteiger partial charge in [0.2, 0.25) is 0 Å². The Labute approximate surface area is 102 Å². The Kier molecular flexibility index (Phi) is 3.94. The molecule has 1 atom stereocenters. The van der Waals surface area contributed by atoms with Crippen molar-refractivity contribution in [2.24, 2.45) is 0 Å². The number of carbonyl (C=O) groups is 1. The average molecular weight is 288 g/mol. The molecule has 1 aliphatic heterocycles. The first-order valence-electron chi connectivity index (χ1n) is 5.23. The molecule has 4 heteroatoms. The molecule has 82 valence electrons. The topological polar surface area (TPSA) is 29.1 Å². The molecule has 0 aliphatic carbocycles. The zero-order chi connectivity index (χ0) is 10.7. The fraction of sp³-hybridized carbons (Fsp3) is 0.545. The maximum Gasteiger partial charge on any atom is 0.139 e. The molecule has 1 aliphatic rings. The molecule has 0 bridgehead atoms. The van der Waals surface area contributed by atoms with Crippen LogP contribution in [0.1, 0.15) is 24.1 Å². The summed E-state index contributed by atoms with van der Waals surface area (Å²) in [5, 5.41) is 3.35. The second-order valence-electron chi connectivity index (χ2n) is 3.92. The van der Waals surface area contributed by atoms with Gasteiger partial charge in [-0.15, -0.1) is 11.3 Å². The Bertz CT molecular complexity index is 344. The van der Waals surface area contributed by atoms with E-state index in [1.165, 1.54) is 6.42 Å². The van der Waals surface area contributed by atoms with Crippen molar-refractivity contribution in [3.05, 3.63) is 20.8 Å². The molecule has 1 aromatic rings. The summed E-state index contributed by atoms with van der Waals surface area (Å²) in [4.78, 5) is 12.9. The van der Waals surface area contributed by atoms with Gasteiger partial charge in [0.15, 0.2) is 0 Å². The Morgan fingerprint density at radius 3 is 3.07 bits per heavy atom. The molecular formula is C11H14BrNOS. The van der Waals surface area contributed by atoms with Crippen molar-refractivity contribution >= 4 is 33.0 Å². The third-order valence-corrected chi connectivity index (χ3v) is 4.26. The maximum atomic E-state index is 11.7. The number of carbonyl (C=O) groups excluding carboxylic acids is 1. The quantitative estimate of drug-likeness (QED) is 0.923. The summed E-state index contributed by atoms with van der Waals surface area (Å²) in [6, 6.07) is 4.46. The van der Waals surface area contributed by atoms with Gasteiger partial charge in [0.1, 0.15) is 5.78 Å². The van der Waals surface area contributed by atoms with Gasteiger partial charge >= 0.3 is 0 Å². The van der Waals surface area contributed by atoms with Crippen molar-refractivity contribution in [2.75, 3.05) is 6.54 Å². The fourth-order valence-corrected chi connectivity index (χ4v) is 3.43. The highest BCUT2D eigenvalue weighted by atomic mass is 79.9. The number of ketones is 1. The number of halogens is 1. The van der Waals surface area contributed by atoms with E-state index >= 15 is 0 Å². The zero-order valence-corrected chi connectivity index (χ0v) is 10.9. The molecule has 1 fully saturated rings. The van der Waals surface area contributed by atoms with Gasteiger partial charge in [-0.1, -0.05) is 0 Å². The number of hydrogen-bond acceptors (Lipinski definition) is 3. The van der Waals surface area contributed by atoms with Gasteiger partial charge in [0.25, 0.3) is 0 Å². The van der Waals surface area contributed by atoms with Crippen molar-refractivity contribution in [1.29, 1.82) is 0 Å². The van der Waals surface area contributed by atoms with Crippen LogP contribution < -0.4 is 5.32 Å². The summed E-state index contributed by atoms with van der Waals surface area (Å²) in [6.07, 6.45) is 3.65. The molecule has 0 saturated carbocycles. The van der Waals surface area contributed by atoms with Gasteiger partial charge in [0.05, 0.1) is 3.79 Å². The van der Waals surface area contributed by atoms with Crippen molar-refractivity contribution in [3.63, 3.8) is 0 Å². The standard InChI is InChI=1S/C11H14BrNOS/c12-11-4-3-10(15-11)7-9(14)6-8-2-1-5-13-8/h3-4,8,13H,1-2,5-7H2. The van der Waals surface area contributed by atoms with Gasteiger partial charge in [-0.25, -0.2) is 0 Å². The van der Waals surface area contributed by atoms with Gasteiger partial charge in [-0.3, -0.25) is 4.79 Å². The lowest BCUT2D eigenvalue weighted by Gasteiger charge is -2.07. The monoisotopic (exact) mass is 287 g/mol. The number of rotatable bonds is 4. The van der Waals surface area contributed by atoms with Crippen LogP contribution in [0.15, 0.2) is 15.9 Å². The Balaban J connectivity index is 1.81. The van der Waals surface area contributed by atoms with Crippen LogP contribution in [0.3, 0.4) is 0 Å². The van der Waals surface area contributed by atoms with E-state index < -0.39 is 0 Å². The molecule has 1 unspecified atom stereocenters. The number of thiophene rings is 1. The first-order valence-corrected chi connectivity index (χ1v) is 6.84. The Morgan fingerprint density at radius 1 is 1.60 bits per heavy atom. The minimum absolute atomic E-state index is 0.351. The highest BCUT2D eigenvalue weighted by Gasteiger charge is 2.17. The third-order valence-electron chi connectivity index (χ3n) is 2.64. The molecule has 1 N–H and O–H groups in total. The molecule has 15 heavy (non-hydrogen) atoms. The van der Waals surface area contributed by atoms with E-state index in [9.17, 15) is 4.79 Å². The highest BCUT2D eigenvalue weighted by molar-refractivity contribution is 9.11. The van der Waals surface area contributed by atoms with E-state index in [0.717, 1.165) is 21.6 Å². The van der Waals surface area contributed by atoms with Crippen LogP contribution in [-0.4, -0.2) is 18.4 Å². The third kappa shape index (κ3) is 3.40. The van der Waals surface area contributed by atoms with Crippen molar-refractivity contribution in [3.8, 4) is 0 Å². The van der Waals surface area contributed by atoms with E-state index in [4.69, 9.17) is 0 Å². The summed E-state index contributed by atoms with van der Waals surface area (Å²) in [7, 11) is 0. The first kappa shape index (κ1) is 11.3. The van der Waals surface area contributed by atoms with Gasteiger partial charge in [0, 0.05) is 23.8 Å². The molecule has 0 aromatic carbocycles. The van der Waals surface area contributed by atoms with E-state index in [1.54, 1.807) is 11.3 Å². The van der Waals surface area contributed by atoms with Crippen LogP contribution in [0.25, 0.3) is 0 Å². The molecule has 1 aromatic heterocycles. The summed E-state index contributed by atoms with van der Waals surface area (Å²) in [5.41, 5.74) is 0. The van der Waals surface area contributed by atoms with Crippen LogP contribution in [0, 0.1) is 0 Å².